The van der Waals surface area contributed by atoms with E-state index in [1.54, 1.807) is 0 Å². The molecule has 4 heterocycles. The first-order chi connectivity index (χ1) is 28.2. The number of hydrogen-bond donors (Lipinski definition) is 0. The molecular weight excluding hydrogens is 701 g/mol. The van der Waals surface area contributed by atoms with Crippen LogP contribution < -0.4 is 0 Å². The van der Waals surface area contributed by atoms with Crippen LogP contribution in [0, 0.1) is 0 Å². The largest absolute Gasteiger partial charge is 0.456 e. The second-order valence-electron chi connectivity index (χ2n) is 14.4. The molecule has 0 bridgehead atoms. The van der Waals surface area contributed by atoms with E-state index in [-0.39, 0.29) is 0 Å². The number of aromatic nitrogens is 4. The molecule has 0 saturated heterocycles. The second-order valence-corrected chi connectivity index (χ2v) is 14.4. The Morgan fingerprint density at radius 3 is 1.67 bits per heavy atom. The monoisotopic (exact) mass is 730 g/mol. The molecule has 0 aliphatic rings. The van der Waals surface area contributed by atoms with E-state index in [9.17, 15) is 0 Å². The third-order valence-corrected chi connectivity index (χ3v) is 11.0. The van der Waals surface area contributed by atoms with E-state index < -0.39 is 0 Å². The van der Waals surface area contributed by atoms with Crippen molar-refractivity contribution in [1.82, 2.24) is 19.5 Å². The summed E-state index contributed by atoms with van der Waals surface area (Å²) in [6, 6.07) is 62.7. The Morgan fingerprint density at radius 1 is 0.298 bits per heavy atom. The lowest BCUT2D eigenvalue weighted by Crippen LogP contribution is -2.00. The minimum absolute atomic E-state index is 0.564. The molecule has 8 aromatic carbocycles. The van der Waals surface area contributed by atoms with Crippen molar-refractivity contribution < 1.29 is 8.83 Å². The number of hydrogen-bond acceptors (Lipinski definition) is 5. The summed E-state index contributed by atoms with van der Waals surface area (Å²) in [6.45, 7) is 0. The molecule has 57 heavy (non-hydrogen) atoms. The third kappa shape index (κ3) is 5.08. The summed E-state index contributed by atoms with van der Waals surface area (Å²) >= 11 is 0. The zero-order valence-corrected chi connectivity index (χ0v) is 30.4. The van der Waals surface area contributed by atoms with Gasteiger partial charge in [-0.15, -0.1) is 0 Å². The van der Waals surface area contributed by atoms with Gasteiger partial charge >= 0.3 is 0 Å². The van der Waals surface area contributed by atoms with Crippen LogP contribution in [0.1, 0.15) is 0 Å². The summed E-state index contributed by atoms with van der Waals surface area (Å²) in [5.41, 5.74) is 11.5. The highest BCUT2D eigenvalue weighted by Gasteiger charge is 2.19. The first-order valence-corrected chi connectivity index (χ1v) is 19.0. The van der Waals surface area contributed by atoms with Crippen LogP contribution >= 0.6 is 0 Å². The SMILES string of the molecule is c1ccc(-c2cccc(-c3nc(-c4ccc5c(c4)oc4ccccc45)nc(-c4ccc5oc6cc7c8ccccc8n(-c8ccccc8)c7cc6c5c4)n3)c2)cc1. The van der Waals surface area contributed by atoms with Crippen molar-refractivity contribution in [2.75, 3.05) is 0 Å². The number of nitrogens with zero attached hydrogens (tertiary/aromatic N) is 4. The van der Waals surface area contributed by atoms with E-state index in [1.165, 1.54) is 5.39 Å². The molecule has 0 spiro atoms. The van der Waals surface area contributed by atoms with Crippen LogP contribution in [0.5, 0.6) is 0 Å². The highest BCUT2D eigenvalue weighted by Crippen LogP contribution is 2.40. The molecule has 0 atom stereocenters. The Balaban J connectivity index is 1.06. The molecule has 0 unspecified atom stereocenters. The van der Waals surface area contributed by atoms with Crippen LogP contribution in [0.25, 0.3) is 117 Å². The number of para-hydroxylation sites is 3. The van der Waals surface area contributed by atoms with E-state index in [0.29, 0.717) is 17.5 Å². The smallest absolute Gasteiger partial charge is 0.164 e. The third-order valence-electron chi connectivity index (χ3n) is 11.0. The molecule has 12 aromatic rings. The van der Waals surface area contributed by atoms with Crippen molar-refractivity contribution in [1.29, 1.82) is 0 Å². The minimum Gasteiger partial charge on any atom is -0.456 e. The van der Waals surface area contributed by atoms with E-state index in [2.05, 4.69) is 144 Å². The van der Waals surface area contributed by atoms with E-state index in [1.807, 2.05) is 42.5 Å². The van der Waals surface area contributed by atoms with Gasteiger partial charge in [0.2, 0.25) is 0 Å². The number of benzene rings is 8. The summed E-state index contributed by atoms with van der Waals surface area (Å²) in [4.78, 5) is 15.4. The maximum absolute atomic E-state index is 6.55. The molecule has 0 aliphatic carbocycles. The molecule has 266 valence electrons. The van der Waals surface area contributed by atoms with Crippen molar-refractivity contribution in [2.45, 2.75) is 0 Å². The van der Waals surface area contributed by atoms with E-state index >= 15 is 0 Å². The molecule has 0 N–H and O–H groups in total. The molecule has 12 rings (SSSR count). The fourth-order valence-electron chi connectivity index (χ4n) is 8.33. The van der Waals surface area contributed by atoms with Crippen LogP contribution in [0.4, 0.5) is 0 Å². The van der Waals surface area contributed by atoms with Gasteiger partial charge in [0, 0.05) is 54.7 Å². The van der Waals surface area contributed by atoms with Crippen LogP contribution in [-0.2, 0) is 0 Å². The molecule has 6 heteroatoms. The van der Waals surface area contributed by atoms with Crippen molar-refractivity contribution in [3.8, 4) is 51.0 Å². The van der Waals surface area contributed by atoms with Gasteiger partial charge in [-0.1, -0.05) is 109 Å². The van der Waals surface area contributed by atoms with Crippen LogP contribution in [-0.4, -0.2) is 19.5 Å². The van der Waals surface area contributed by atoms with Crippen molar-refractivity contribution in [3.05, 3.63) is 182 Å². The lowest BCUT2D eigenvalue weighted by atomic mass is 10.0. The van der Waals surface area contributed by atoms with E-state index in [4.69, 9.17) is 23.8 Å². The summed E-state index contributed by atoms with van der Waals surface area (Å²) in [5.74, 6) is 1.72. The topological polar surface area (TPSA) is 69.9 Å². The van der Waals surface area contributed by atoms with Crippen LogP contribution in [0.15, 0.2) is 191 Å². The van der Waals surface area contributed by atoms with Gasteiger partial charge in [-0.2, -0.15) is 0 Å². The Bertz CT molecular complexity index is 3530. The van der Waals surface area contributed by atoms with Crippen molar-refractivity contribution in [3.63, 3.8) is 0 Å². The summed E-state index contributed by atoms with van der Waals surface area (Å²) in [5, 5.41) is 6.48. The molecule has 0 amide bonds. The number of furan rings is 2. The van der Waals surface area contributed by atoms with Crippen LogP contribution in [0.3, 0.4) is 0 Å². The van der Waals surface area contributed by atoms with Crippen molar-refractivity contribution in [2.24, 2.45) is 0 Å². The highest BCUT2D eigenvalue weighted by molar-refractivity contribution is 6.17. The van der Waals surface area contributed by atoms with Gasteiger partial charge in [0.1, 0.15) is 22.3 Å². The van der Waals surface area contributed by atoms with E-state index in [0.717, 1.165) is 93.8 Å². The second kappa shape index (κ2) is 12.3. The lowest BCUT2D eigenvalue weighted by Gasteiger charge is -2.10. The summed E-state index contributed by atoms with van der Waals surface area (Å²) in [6.07, 6.45) is 0. The van der Waals surface area contributed by atoms with Crippen molar-refractivity contribution >= 4 is 65.7 Å². The van der Waals surface area contributed by atoms with Gasteiger partial charge in [0.25, 0.3) is 0 Å². The van der Waals surface area contributed by atoms with Gasteiger partial charge in [-0.05, 0) is 83.9 Å². The zero-order valence-electron chi connectivity index (χ0n) is 30.4. The fourth-order valence-corrected chi connectivity index (χ4v) is 8.33. The maximum Gasteiger partial charge on any atom is 0.164 e. The Labute approximate surface area is 325 Å². The zero-order chi connectivity index (χ0) is 37.5. The Morgan fingerprint density at radius 2 is 0.860 bits per heavy atom. The lowest BCUT2D eigenvalue weighted by molar-refractivity contribution is 0.669. The predicted octanol–water partition coefficient (Wildman–Crippen LogP) is 13.4. The molecule has 6 nitrogen and oxygen atoms in total. The maximum atomic E-state index is 6.55. The first-order valence-electron chi connectivity index (χ1n) is 19.0. The quantitative estimate of drug-likeness (QED) is 0.176. The predicted molar refractivity (Wildman–Crippen MR) is 230 cm³/mol. The molecule has 4 aromatic heterocycles. The Hall–Kier alpha value is -7.83. The average molecular weight is 731 g/mol. The normalized spacial score (nSPS) is 11.9. The van der Waals surface area contributed by atoms with Gasteiger partial charge in [0.15, 0.2) is 17.5 Å². The van der Waals surface area contributed by atoms with Crippen LogP contribution in [0.2, 0.25) is 0 Å². The van der Waals surface area contributed by atoms with Gasteiger partial charge in [-0.3, -0.25) is 0 Å². The van der Waals surface area contributed by atoms with Gasteiger partial charge < -0.3 is 13.4 Å². The summed E-state index contributed by atoms with van der Waals surface area (Å²) < 4.78 is 15.2. The molecule has 0 aliphatic heterocycles. The van der Waals surface area contributed by atoms with Gasteiger partial charge in [0.05, 0.1) is 11.0 Å². The standard InChI is InChI=1S/C51H30N4O2/c1-3-12-31(13-4-1)32-14-11-15-33(26-32)49-52-50(54-51(53-49)35-22-24-39-38-19-8-10-21-45(38)56-47(39)28-35)34-23-25-46-41(27-34)42-29-44-40(30-48(42)57-46)37-18-7-9-20-43(37)55(44)36-16-5-2-6-17-36/h1-30H. The Kier molecular flexibility index (Phi) is 6.83. The first kappa shape index (κ1) is 31.5. The molecule has 0 saturated carbocycles. The minimum atomic E-state index is 0.564. The molecular formula is C51H30N4O2. The fraction of sp³-hybridized carbons (Fsp3) is 0. The molecule has 0 radical (unpaired) electrons. The number of fused-ring (bicyclic) bond motifs is 9. The summed E-state index contributed by atoms with van der Waals surface area (Å²) in [7, 11) is 0. The molecule has 0 fully saturated rings. The number of rotatable bonds is 5. The highest BCUT2D eigenvalue weighted by atomic mass is 16.3. The average Bonchev–Trinajstić information content (AvgIpc) is 3.94. The van der Waals surface area contributed by atoms with Gasteiger partial charge in [-0.25, -0.2) is 15.0 Å².